The van der Waals surface area contributed by atoms with Crippen molar-refractivity contribution >= 4 is 12.0 Å². The minimum atomic E-state index is 0.362. The molecule has 0 amide bonds. The van der Waals surface area contributed by atoms with E-state index >= 15 is 0 Å². The number of hydrogen-bond donors (Lipinski definition) is 2. The second-order valence-electron chi connectivity index (χ2n) is 4.32. The number of hydrogen-bond acceptors (Lipinski definition) is 5. The van der Waals surface area contributed by atoms with Gasteiger partial charge in [-0.15, -0.1) is 0 Å². The fourth-order valence-corrected chi connectivity index (χ4v) is 1.96. The van der Waals surface area contributed by atoms with Gasteiger partial charge < -0.3 is 14.2 Å². The second kappa shape index (κ2) is 7.90. The lowest BCUT2D eigenvalue weighted by molar-refractivity contribution is 0.240. The van der Waals surface area contributed by atoms with E-state index in [1.54, 1.807) is 38.5 Å². The molecule has 2 aromatic rings. The van der Waals surface area contributed by atoms with Crippen LogP contribution in [0.15, 0.2) is 47.5 Å². The van der Waals surface area contributed by atoms with Crippen molar-refractivity contribution in [2.24, 2.45) is 4.99 Å². The summed E-state index contributed by atoms with van der Waals surface area (Å²) in [7, 11) is 3.20. The molecule has 2 aromatic carbocycles. The first-order chi connectivity index (χ1) is 10.8. The van der Waals surface area contributed by atoms with Crippen molar-refractivity contribution in [3.05, 3.63) is 48.0 Å². The summed E-state index contributed by atoms with van der Waals surface area (Å²) in [6.45, 7) is 0.362. The molecular weight excluding hydrogens is 284 g/mol. The van der Waals surface area contributed by atoms with Crippen LogP contribution in [0.2, 0.25) is 0 Å². The summed E-state index contributed by atoms with van der Waals surface area (Å²) in [6, 6.07) is 12.8. The van der Waals surface area contributed by atoms with Gasteiger partial charge in [0.1, 0.15) is 18.7 Å². The van der Waals surface area contributed by atoms with Gasteiger partial charge in [-0.05, 0) is 30.3 Å². The van der Waals surface area contributed by atoms with E-state index in [4.69, 9.17) is 19.4 Å². The smallest absolute Gasteiger partial charge is 0.167 e. The molecule has 116 valence electrons. The maximum atomic E-state index is 8.44. The van der Waals surface area contributed by atoms with Crippen LogP contribution in [0.4, 0.5) is 5.69 Å². The first kappa shape index (κ1) is 15.7. The molecule has 0 saturated heterocycles. The zero-order valence-corrected chi connectivity index (χ0v) is 12.4. The van der Waals surface area contributed by atoms with Crippen LogP contribution in [0, 0.1) is 0 Å². The number of ether oxygens (including phenoxy) is 3. The van der Waals surface area contributed by atoms with Gasteiger partial charge in [-0.3, -0.25) is 10.7 Å². The second-order valence-corrected chi connectivity index (χ2v) is 4.32. The lowest BCUT2D eigenvalue weighted by Crippen LogP contribution is -2.01. The highest BCUT2D eigenvalue weighted by molar-refractivity contribution is 5.59. The van der Waals surface area contributed by atoms with E-state index in [1.807, 2.05) is 23.7 Å². The summed E-state index contributed by atoms with van der Waals surface area (Å²) in [4.78, 5) is 3.96. The number of hydroxylamine groups is 1. The maximum absolute atomic E-state index is 8.44. The van der Waals surface area contributed by atoms with E-state index in [1.165, 1.54) is 6.34 Å². The minimum absolute atomic E-state index is 0.362. The maximum Gasteiger partial charge on any atom is 0.167 e. The van der Waals surface area contributed by atoms with E-state index < -0.39 is 0 Å². The van der Waals surface area contributed by atoms with E-state index in [9.17, 15) is 0 Å². The Morgan fingerprint density at radius 1 is 1.09 bits per heavy atom. The average Bonchev–Trinajstić information content (AvgIpc) is 2.58. The molecule has 0 radical (unpaired) electrons. The third-order valence-electron chi connectivity index (χ3n) is 2.99. The normalized spacial score (nSPS) is 10.5. The summed E-state index contributed by atoms with van der Waals surface area (Å²) in [5.74, 6) is 2.05. The summed E-state index contributed by atoms with van der Waals surface area (Å²) in [5.41, 5.74) is 3.45. The van der Waals surface area contributed by atoms with Gasteiger partial charge >= 0.3 is 0 Å². The fraction of sp³-hybridized carbons (Fsp3) is 0.188. The molecule has 0 bridgehead atoms. The monoisotopic (exact) mass is 302 g/mol. The molecule has 0 fully saturated rings. The van der Waals surface area contributed by atoms with E-state index in [0.29, 0.717) is 29.5 Å². The molecule has 0 aliphatic carbocycles. The van der Waals surface area contributed by atoms with Gasteiger partial charge in [0.05, 0.1) is 19.9 Å². The molecular formula is C16H18N2O4. The zero-order valence-electron chi connectivity index (χ0n) is 12.4. The van der Waals surface area contributed by atoms with Gasteiger partial charge in [0, 0.05) is 5.56 Å². The molecule has 0 aliphatic rings. The summed E-state index contributed by atoms with van der Waals surface area (Å²) in [6.07, 6.45) is 1.19. The van der Waals surface area contributed by atoms with Crippen LogP contribution < -0.4 is 19.7 Å². The molecule has 0 aliphatic heterocycles. The number of rotatable bonds is 7. The minimum Gasteiger partial charge on any atom is -0.493 e. The molecule has 0 saturated carbocycles. The topological polar surface area (TPSA) is 72.3 Å². The Hall–Kier alpha value is -2.73. The SMILES string of the molecule is COc1cccc(COc2ccc(N=CNO)cc2)c1OC. The highest BCUT2D eigenvalue weighted by Gasteiger charge is 2.09. The van der Waals surface area contributed by atoms with E-state index in [-0.39, 0.29) is 0 Å². The first-order valence-corrected chi connectivity index (χ1v) is 6.63. The van der Waals surface area contributed by atoms with Gasteiger partial charge in [0.2, 0.25) is 0 Å². The Kier molecular flexibility index (Phi) is 5.62. The molecule has 22 heavy (non-hydrogen) atoms. The largest absolute Gasteiger partial charge is 0.493 e. The van der Waals surface area contributed by atoms with Crippen molar-refractivity contribution in [1.29, 1.82) is 0 Å². The lowest BCUT2D eigenvalue weighted by atomic mass is 10.2. The summed E-state index contributed by atoms with van der Waals surface area (Å²) in [5, 5.41) is 8.44. The van der Waals surface area contributed by atoms with Crippen LogP contribution in [-0.4, -0.2) is 25.8 Å². The fourth-order valence-electron chi connectivity index (χ4n) is 1.96. The Morgan fingerprint density at radius 2 is 1.86 bits per heavy atom. The molecule has 2 N–H and O–H groups in total. The molecule has 2 rings (SSSR count). The molecule has 0 atom stereocenters. The van der Waals surface area contributed by atoms with Crippen LogP contribution in [-0.2, 0) is 6.61 Å². The van der Waals surface area contributed by atoms with Crippen molar-refractivity contribution in [3.63, 3.8) is 0 Å². The number of para-hydroxylation sites is 1. The Morgan fingerprint density at radius 3 is 2.50 bits per heavy atom. The predicted octanol–water partition coefficient (Wildman–Crippen LogP) is 2.92. The lowest BCUT2D eigenvalue weighted by Gasteiger charge is -2.13. The van der Waals surface area contributed by atoms with E-state index in [0.717, 1.165) is 5.56 Å². The molecule has 0 heterocycles. The van der Waals surface area contributed by atoms with Gasteiger partial charge in [0.25, 0.3) is 0 Å². The highest BCUT2D eigenvalue weighted by atomic mass is 16.5. The summed E-state index contributed by atoms with van der Waals surface area (Å²) >= 11 is 0. The Labute approximate surface area is 128 Å². The van der Waals surface area contributed by atoms with Gasteiger partial charge in [0.15, 0.2) is 11.5 Å². The van der Waals surface area contributed by atoms with Crippen LogP contribution >= 0.6 is 0 Å². The van der Waals surface area contributed by atoms with Crippen molar-refractivity contribution in [3.8, 4) is 17.2 Å². The molecule has 0 unspecified atom stereocenters. The number of nitrogens with one attached hydrogen (secondary N) is 1. The van der Waals surface area contributed by atoms with Crippen molar-refractivity contribution in [1.82, 2.24) is 5.48 Å². The van der Waals surface area contributed by atoms with Crippen molar-refractivity contribution in [2.45, 2.75) is 6.61 Å². The predicted molar refractivity (Wildman–Crippen MR) is 83.4 cm³/mol. The standard InChI is InChI=1S/C16H18N2O4/c1-20-15-5-3-4-12(16(15)21-2)10-22-14-8-6-13(7-9-14)17-11-18-19/h3-9,11,19H,10H2,1-2H3,(H,17,18). The molecule has 6 nitrogen and oxygen atoms in total. The summed E-state index contributed by atoms with van der Waals surface area (Å²) < 4.78 is 16.4. The highest BCUT2D eigenvalue weighted by Crippen LogP contribution is 2.31. The number of methoxy groups -OCH3 is 2. The van der Waals surface area contributed by atoms with Crippen molar-refractivity contribution < 1.29 is 19.4 Å². The van der Waals surface area contributed by atoms with Crippen LogP contribution in [0.1, 0.15) is 5.56 Å². The van der Waals surface area contributed by atoms with Gasteiger partial charge in [-0.2, -0.15) is 0 Å². The zero-order chi connectivity index (χ0) is 15.8. The van der Waals surface area contributed by atoms with Crippen LogP contribution in [0.5, 0.6) is 17.2 Å². The van der Waals surface area contributed by atoms with Gasteiger partial charge in [-0.25, -0.2) is 4.99 Å². The van der Waals surface area contributed by atoms with Gasteiger partial charge in [-0.1, -0.05) is 12.1 Å². The van der Waals surface area contributed by atoms with Crippen molar-refractivity contribution in [2.75, 3.05) is 14.2 Å². The number of nitrogens with zero attached hydrogens (tertiary/aromatic N) is 1. The molecule has 0 spiro atoms. The van der Waals surface area contributed by atoms with Crippen LogP contribution in [0.3, 0.4) is 0 Å². The molecule has 0 aromatic heterocycles. The molecule has 6 heteroatoms. The number of aliphatic imine (C=N–C) groups is 1. The average molecular weight is 302 g/mol. The Bertz CT molecular complexity index is 627. The first-order valence-electron chi connectivity index (χ1n) is 6.63. The quantitative estimate of drug-likeness (QED) is 0.467. The number of benzene rings is 2. The third kappa shape index (κ3) is 3.89. The van der Waals surface area contributed by atoms with E-state index in [2.05, 4.69) is 4.99 Å². The Balaban J connectivity index is 2.05. The van der Waals surface area contributed by atoms with Crippen LogP contribution in [0.25, 0.3) is 0 Å². The third-order valence-corrected chi connectivity index (χ3v) is 2.99.